The van der Waals surface area contributed by atoms with Crippen molar-refractivity contribution in [3.8, 4) is 5.75 Å². The number of ether oxygens (including phenoxy) is 1. The van der Waals surface area contributed by atoms with Gasteiger partial charge in [-0.1, -0.05) is 91.0 Å². The molecule has 7 nitrogen and oxygen atoms in total. The van der Waals surface area contributed by atoms with Crippen LogP contribution in [0.1, 0.15) is 41.7 Å². The number of nitrogens with zero attached hydrogens (tertiary/aromatic N) is 3. The minimum atomic E-state index is -0.775. The first-order chi connectivity index (χ1) is 22.3. The Kier molecular flexibility index (Phi) is 8.83. The lowest BCUT2D eigenvalue weighted by Crippen LogP contribution is -2.48. The van der Waals surface area contributed by atoms with Crippen molar-refractivity contribution in [1.82, 2.24) is 9.88 Å². The van der Waals surface area contributed by atoms with Crippen LogP contribution in [-0.4, -0.2) is 54.3 Å². The van der Waals surface area contributed by atoms with E-state index in [9.17, 15) is 10.2 Å². The van der Waals surface area contributed by atoms with Gasteiger partial charge in [-0.05, 0) is 60.9 Å². The van der Waals surface area contributed by atoms with E-state index in [-0.39, 0.29) is 18.6 Å². The smallest absolute Gasteiger partial charge is 0.241 e. The molecule has 1 saturated heterocycles. The van der Waals surface area contributed by atoms with Gasteiger partial charge in [0.15, 0.2) is 0 Å². The lowest BCUT2D eigenvalue weighted by molar-refractivity contribution is -0.129. The van der Waals surface area contributed by atoms with Gasteiger partial charge in [0.2, 0.25) is 5.91 Å². The molecule has 0 atom stereocenters. The molecule has 5 aromatic rings. The van der Waals surface area contributed by atoms with Crippen molar-refractivity contribution >= 4 is 23.1 Å². The predicted octanol–water partition coefficient (Wildman–Crippen LogP) is 6.97. The Morgan fingerprint density at radius 1 is 0.826 bits per heavy atom. The number of benzene rings is 4. The van der Waals surface area contributed by atoms with Crippen LogP contribution in [0.4, 0.5) is 11.5 Å². The molecule has 2 heterocycles. The number of carbonyl (C=O) groups is 1. The van der Waals surface area contributed by atoms with Crippen LogP contribution in [0, 0.1) is 5.41 Å². The highest BCUT2D eigenvalue weighted by Crippen LogP contribution is 2.41. The minimum absolute atomic E-state index is 0.0276. The van der Waals surface area contributed by atoms with Gasteiger partial charge in [-0.2, -0.15) is 0 Å². The molecule has 6 rings (SSSR count). The van der Waals surface area contributed by atoms with Gasteiger partial charge in [0.05, 0.1) is 18.4 Å². The van der Waals surface area contributed by atoms with E-state index in [0.29, 0.717) is 41.5 Å². The molecule has 0 radical (unpaired) electrons. The monoisotopic (exact) mass is 609 g/mol. The Bertz CT molecular complexity index is 1710. The summed E-state index contributed by atoms with van der Waals surface area (Å²) in [5.41, 5.74) is 4.93. The highest BCUT2D eigenvalue weighted by Gasteiger charge is 2.37. The first-order valence-corrected chi connectivity index (χ1v) is 15.6. The second-order valence-corrected chi connectivity index (χ2v) is 11.9. The van der Waals surface area contributed by atoms with Gasteiger partial charge in [0.25, 0.3) is 0 Å². The van der Waals surface area contributed by atoms with Crippen LogP contribution in [0.3, 0.4) is 0 Å². The number of carbonyl (C=O) groups excluding carboxylic acids is 1. The molecule has 4 aromatic carbocycles. The minimum Gasteiger partial charge on any atom is -0.491 e. The summed E-state index contributed by atoms with van der Waals surface area (Å²) >= 11 is 0. The van der Waals surface area contributed by atoms with Gasteiger partial charge in [-0.3, -0.25) is 10.2 Å². The number of hydrogen-bond acceptors (Lipinski definition) is 6. The summed E-state index contributed by atoms with van der Waals surface area (Å²) in [6, 6.07) is 40.9. The molecule has 1 aromatic heterocycles. The quantitative estimate of drug-likeness (QED) is 0.132. The average Bonchev–Trinajstić information content (AvgIpc) is 3.09. The Morgan fingerprint density at radius 3 is 1.96 bits per heavy atom. The molecule has 1 amide bonds. The molecule has 1 aliphatic rings. The van der Waals surface area contributed by atoms with Crippen molar-refractivity contribution in [2.24, 2.45) is 0 Å². The molecule has 232 valence electrons. The first kappa shape index (κ1) is 30.6. The normalized spacial score (nSPS) is 13.5. The van der Waals surface area contributed by atoms with E-state index < -0.39 is 5.54 Å². The van der Waals surface area contributed by atoms with E-state index >= 15 is 0 Å². The number of aromatic nitrogens is 1. The number of nitrogens with one attached hydrogen (secondary N) is 2. The van der Waals surface area contributed by atoms with E-state index in [4.69, 9.17) is 4.74 Å². The van der Waals surface area contributed by atoms with Crippen molar-refractivity contribution in [3.63, 3.8) is 0 Å². The van der Waals surface area contributed by atoms with Crippen LogP contribution >= 0.6 is 0 Å². The maximum absolute atomic E-state index is 12.5. The molecule has 0 bridgehead atoms. The number of amides is 1. The van der Waals surface area contributed by atoms with Crippen molar-refractivity contribution in [1.29, 1.82) is 5.41 Å². The SMILES string of the molecule is CC(C)Oc1ccc(NC(c2ccccc2)(c2ccccc2)c2ccccc2)c(C(=N)c2ccnc(N3CCN(C)C(=O)C3)c2)c1. The van der Waals surface area contributed by atoms with Crippen LogP contribution in [0.15, 0.2) is 128 Å². The summed E-state index contributed by atoms with van der Waals surface area (Å²) in [7, 11) is 1.82. The molecule has 1 aliphatic heterocycles. The topological polar surface area (TPSA) is 81.6 Å². The zero-order valence-corrected chi connectivity index (χ0v) is 26.5. The lowest BCUT2D eigenvalue weighted by atomic mass is 9.76. The number of piperazine rings is 1. The zero-order chi connectivity index (χ0) is 32.1. The largest absolute Gasteiger partial charge is 0.491 e. The highest BCUT2D eigenvalue weighted by molar-refractivity contribution is 6.14. The zero-order valence-electron chi connectivity index (χ0n) is 26.5. The summed E-state index contributed by atoms with van der Waals surface area (Å²) in [5, 5.41) is 13.5. The van der Waals surface area contributed by atoms with E-state index in [2.05, 4.69) is 83.1 Å². The van der Waals surface area contributed by atoms with Crippen molar-refractivity contribution in [3.05, 3.63) is 155 Å². The van der Waals surface area contributed by atoms with Gasteiger partial charge in [-0.25, -0.2) is 4.98 Å². The van der Waals surface area contributed by atoms with E-state index in [0.717, 1.165) is 22.4 Å². The fourth-order valence-electron chi connectivity index (χ4n) is 6.02. The maximum Gasteiger partial charge on any atom is 0.241 e. The maximum atomic E-state index is 12.5. The number of likely N-dealkylation sites (N-methyl/N-ethyl adjacent to an activating group) is 1. The lowest BCUT2D eigenvalue weighted by Gasteiger charge is -2.38. The number of anilines is 2. The van der Waals surface area contributed by atoms with Crippen LogP contribution in [0.2, 0.25) is 0 Å². The second kappa shape index (κ2) is 13.3. The molecule has 2 N–H and O–H groups in total. The third-order valence-electron chi connectivity index (χ3n) is 8.39. The Balaban J connectivity index is 1.49. The van der Waals surface area contributed by atoms with Crippen LogP contribution in [-0.2, 0) is 10.3 Å². The number of rotatable bonds is 10. The molecule has 0 aliphatic carbocycles. The van der Waals surface area contributed by atoms with Gasteiger partial charge in [-0.15, -0.1) is 0 Å². The molecule has 1 fully saturated rings. The summed E-state index contributed by atoms with van der Waals surface area (Å²) in [4.78, 5) is 20.7. The van der Waals surface area contributed by atoms with Crippen LogP contribution in [0.25, 0.3) is 0 Å². The molecule has 0 unspecified atom stereocenters. The first-order valence-electron chi connectivity index (χ1n) is 15.6. The average molecular weight is 610 g/mol. The summed E-state index contributed by atoms with van der Waals surface area (Å²) in [6.07, 6.45) is 1.69. The highest BCUT2D eigenvalue weighted by atomic mass is 16.5. The molecular formula is C39H39N5O2. The third-order valence-corrected chi connectivity index (χ3v) is 8.39. The van der Waals surface area contributed by atoms with E-state index in [1.165, 1.54) is 0 Å². The van der Waals surface area contributed by atoms with E-state index in [1.54, 1.807) is 11.1 Å². The molecule has 0 saturated carbocycles. The van der Waals surface area contributed by atoms with Gasteiger partial charge >= 0.3 is 0 Å². The van der Waals surface area contributed by atoms with Crippen LogP contribution < -0.4 is 15.0 Å². The van der Waals surface area contributed by atoms with Gasteiger partial charge in [0, 0.05) is 43.1 Å². The fraction of sp³-hybridized carbons (Fsp3) is 0.205. The van der Waals surface area contributed by atoms with Crippen LogP contribution in [0.5, 0.6) is 5.75 Å². The van der Waals surface area contributed by atoms with Crippen molar-refractivity contribution < 1.29 is 9.53 Å². The Morgan fingerprint density at radius 2 is 1.41 bits per heavy atom. The van der Waals surface area contributed by atoms with E-state index in [1.807, 2.05) is 74.3 Å². The predicted molar refractivity (Wildman–Crippen MR) is 185 cm³/mol. The summed E-state index contributed by atoms with van der Waals surface area (Å²) in [5.74, 6) is 1.42. The fourth-order valence-corrected chi connectivity index (χ4v) is 6.02. The summed E-state index contributed by atoms with van der Waals surface area (Å²) in [6.45, 7) is 5.57. The molecule has 0 spiro atoms. The third kappa shape index (κ3) is 6.22. The van der Waals surface area contributed by atoms with Gasteiger partial charge < -0.3 is 19.9 Å². The summed E-state index contributed by atoms with van der Waals surface area (Å²) < 4.78 is 6.13. The Hall–Kier alpha value is -5.43. The Labute approximate surface area is 271 Å². The van der Waals surface area contributed by atoms with Gasteiger partial charge in [0.1, 0.15) is 17.1 Å². The molecule has 46 heavy (non-hydrogen) atoms. The second-order valence-electron chi connectivity index (χ2n) is 11.9. The number of pyridine rings is 1. The standard InChI is InChI=1S/C39H39N5O2/c1-28(2)46-33-19-20-35(34(26-33)38(40)29-21-22-41-36(25-29)44-24-23-43(3)37(45)27-44)42-39(30-13-7-4-8-14-30,31-15-9-5-10-16-31)32-17-11-6-12-18-32/h4-22,25-26,28,40,42H,23-24,27H2,1-3H3. The van der Waals surface area contributed by atoms with Crippen molar-refractivity contribution in [2.75, 3.05) is 36.9 Å². The van der Waals surface area contributed by atoms with Crippen molar-refractivity contribution in [2.45, 2.75) is 25.5 Å². The molecule has 7 heteroatoms. The molecular weight excluding hydrogens is 570 g/mol. The number of hydrogen-bond donors (Lipinski definition) is 2.